The summed E-state index contributed by atoms with van der Waals surface area (Å²) >= 11 is 0. The van der Waals surface area contributed by atoms with Crippen molar-refractivity contribution in [3.63, 3.8) is 0 Å². The van der Waals surface area contributed by atoms with Crippen LogP contribution in [0, 0.1) is 0 Å². The Labute approximate surface area is 72.4 Å². The molecule has 0 aromatic carbocycles. The van der Waals surface area contributed by atoms with E-state index in [0.717, 1.165) is 11.3 Å². The van der Waals surface area contributed by atoms with E-state index in [1.165, 1.54) is 0 Å². The van der Waals surface area contributed by atoms with Crippen LogP contribution in [0.4, 0.5) is 0 Å². The van der Waals surface area contributed by atoms with E-state index in [4.69, 9.17) is 5.73 Å². The fourth-order valence-electron chi connectivity index (χ4n) is 1.01. The number of rotatable bonds is 3. The zero-order valence-electron chi connectivity index (χ0n) is 6.90. The molecule has 1 aromatic rings. The quantitative estimate of drug-likeness (QED) is 0.686. The van der Waals surface area contributed by atoms with Crippen molar-refractivity contribution in [2.75, 3.05) is 0 Å². The van der Waals surface area contributed by atoms with E-state index in [0.29, 0.717) is 0 Å². The van der Waals surface area contributed by atoms with E-state index < -0.39 is 0 Å². The second kappa shape index (κ2) is 3.83. The Morgan fingerprint density at radius 1 is 1.50 bits per heavy atom. The number of pyridine rings is 1. The van der Waals surface area contributed by atoms with Crippen LogP contribution in [0.2, 0.25) is 0 Å². The van der Waals surface area contributed by atoms with Gasteiger partial charge in [0.2, 0.25) is 0 Å². The monoisotopic (exact) mass is 160 g/mol. The maximum Gasteiger partial charge on any atom is 0.0674 e. The number of hydrogen-bond donors (Lipinski definition) is 1. The molecule has 1 rings (SSSR count). The molecule has 0 aliphatic rings. The zero-order chi connectivity index (χ0) is 8.97. The summed E-state index contributed by atoms with van der Waals surface area (Å²) < 4.78 is 0. The molecular formula is C10H12N2. The smallest absolute Gasteiger partial charge is 0.0674 e. The van der Waals surface area contributed by atoms with Crippen molar-refractivity contribution in [2.24, 2.45) is 5.73 Å². The van der Waals surface area contributed by atoms with Gasteiger partial charge in [-0.15, -0.1) is 6.58 Å². The molecule has 0 saturated carbocycles. The Morgan fingerprint density at radius 2 is 2.25 bits per heavy atom. The summed E-state index contributed by atoms with van der Waals surface area (Å²) in [6, 6.07) is 3.62. The standard InChI is InChI=1S/C10H12N2/c1-3-9(11)8-6-5-7-12-10(8)4-2/h3-7,9H,1-2,11H2/t9-/m0/s1. The van der Waals surface area contributed by atoms with Crippen molar-refractivity contribution in [1.82, 2.24) is 4.98 Å². The highest BCUT2D eigenvalue weighted by Crippen LogP contribution is 2.14. The molecule has 0 spiro atoms. The lowest BCUT2D eigenvalue weighted by molar-refractivity contribution is 0.899. The van der Waals surface area contributed by atoms with Crippen molar-refractivity contribution in [1.29, 1.82) is 0 Å². The lowest BCUT2D eigenvalue weighted by atomic mass is 10.1. The molecule has 0 radical (unpaired) electrons. The summed E-state index contributed by atoms with van der Waals surface area (Å²) in [7, 11) is 0. The van der Waals surface area contributed by atoms with Gasteiger partial charge < -0.3 is 5.73 Å². The zero-order valence-corrected chi connectivity index (χ0v) is 6.90. The van der Waals surface area contributed by atoms with Crippen molar-refractivity contribution >= 4 is 6.08 Å². The Balaban J connectivity index is 3.12. The predicted octanol–water partition coefficient (Wildman–Crippen LogP) is 1.91. The highest BCUT2D eigenvalue weighted by Gasteiger charge is 2.04. The first-order valence-electron chi connectivity index (χ1n) is 3.75. The fourth-order valence-corrected chi connectivity index (χ4v) is 1.01. The normalized spacial score (nSPS) is 12.1. The van der Waals surface area contributed by atoms with Crippen LogP contribution in [0.1, 0.15) is 17.3 Å². The average Bonchev–Trinajstić information content (AvgIpc) is 2.16. The van der Waals surface area contributed by atoms with Gasteiger partial charge in [-0.1, -0.05) is 18.7 Å². The topological polar surface area (TPSA) is 38.9 Å². The van der Waals surface area contributed by atoms with Gasteiger partial charge in [0.05, 0.1) is 5.69 Å². The Hall–Kier alpha value is -1.41. The van der Waals surface area contributed by atoms with E-state index in [-0.39, 0.29) is 6.04 Å². The van der Waals surface area contributed by atoms with Crippen molar-refractivity contribution in [3.05, 3.63) is 48.8 Å². The van der Waals surface area contributed by atoms with E-state index in [9.17, 15) is 0 Å². The Morgan fingerprint density at radius 3 is 2.83 bits per heavy atom. The van der Waals surface area contributed by atoms with Crippen LogP contribution < -0.4 is 5.73 Å². The number of nitrogens with two attached hydrogens (primary N) is 1. The molecule has 1 aromatic heterocycles. The van der Waals surface area contributed by atoms with Crippen molar-refractivity contribution < 1.29 is 0 Å². The van der Waals surface area contributed by atoms with Gasteiger partial charge in [0.15, 0.2) is 0 Å². The number of aromatic nitrogens is 1. The van der Waals surface area contributed by atoms with E-state index in [1.807, 2.05) is 12.1 Å². The van der Waals surface area contributed by atoms with Crippen molar-refractivity contribution in [3.8, 4) is 0 Å². The molecule has 2 nitrogen and oxygen atoms in total. The van der Waals surface area contributed by atoms with Gasteiger partial charge in [0.25, 0.3) is 0 Å². The summed E-state index contributed by atoms with van der Waals surface area (Å²) in [5.74, 6) is 0. The van der Waals surface area contributed by atoms with Gasteiger partial charge >= 0.3 is 0 Å². The van der Waals surface area contributed by atoms with Gasteiger partial charge in [-0.05, 0) is 17.7 Å². The molecular weight excluding hydrogens is 148 g/mol. The third-order valence-corrected chi connectivity index (χ3v) is 1.68. The molecule has 1 atom stereocenters. The fraction of sp³-hybridized carbons (Fsp3) is 0.100. The lowest BCUT2D eigenvalue weighted by Crippen LogP contribution is -2.08. The van der Waals surface area contributed by atoms with Gasteiger partial charge in [-0.2, -0.15) is 0 Å². The number of nitrogens with zero attached hydrogens (tertiary/aromatic N) is 1. The van der Waals surface area contributed by atoms with Crippen LogP contribution in [0.25, 0.3) is 6.08 Å². The summed E-state index contributed by atoms with van der Waals surface area (Å²) in [6.07, 6.45) is 5.10. The molecule has 0 bridgehead atoms. The van der Waals surface area contributed by atoms with Crippen LogP contribution in [-0.2, 0) is 0 Å². The molecule has 0 amide bonds. The first-order chi connectivity index (χ1) is 5.79. The van der Waals surface area contributed by atoms with Gasteiger partial charge in [-0.25, -0.2) is 0 Å². The van der Waals surface area contributed by atoms with Crippen LogP contribution in [0.5, 0.6) is 0 Å². The van der Waals surface area contributed by atoms with Crippen LogP contribution in [0.3, 0.4) is 0 Å². The first kappa shape index (κ1) is 8.68. The van der Waals surface area contributed by atoms with Gasteiger partial charge in [-0.3, -0.25) is 4.98 Å². The molecule has 0 fully saturated rings. The predicted molar refractivity (Wildman–Crippen MR) is 51.5 cm³/mol. The van der Waals surface area contributed by atoms with E-state index in [1.54, 1.807) is 18.3 Å². The molecule has 62 valence electrons. The molecule has 2 heteroatoms. The molecule has 0 aliphatic carbocycles. The maximum atomic E-state index is 5.76. The number of hydrogen-bond acceptors (Lipinski definition) is 2. The second-order valence-corrected chi connectivity index (χ2v) is 2.44. The minimum atomic E-state index is -0.160. The minimum Gasteiger partial charge on any atom is -0.321 e. The summed E-state index contributed by atoms with van der Waals surface area (Å²) in [6.45, 7) is 7.28. The summed E-state index contributed by atoms with van der Waals surface area (Å²) in [5.41, 5.74) is 7.55. The average molecular weight is 160 g/mol. The third-order valence-electron chi connectivity index (χ3n) is 1.68. The molecule has 0 aliphatic heterocycles. The van der Waals surface area contributed by atoms with Gasteiger partial charge in [0.1, 0.15) is 0 Å². The van der Waals surface area contributed by atoms with E-state index in [2.05, 4.69) is 18.1 Å². The Bertz CT molecular complexity index is 292. The molecule has 0 unspecified atom stereocenters. The van der Waals surface area contributed by atoms with Crippen LogP contribution >= 0.6 is 0 Å². The molecule has 12 heavy (non-hydrogen) atoms. The van der Waals surface area contributed by atoms with Crippen LogP contribution in [-0.4, -0.2) is 4.98 Å². The highest BCUT2D eigenvalue weighted by molar-refractivity contribution is 5.48. The Kier molecular flexibility index (Phi) is 2.77. The second-order valence-electron chi connectivity index (χ2n) is 2.44. The summed E-state index contributed by atoms with van der Waals surface area (Å²) in [4.78, 5) is 4.12. The third kappa shape index (κ3) is 1.60. The SMILES string of the molecule is C=Cc1ncccc1[C@@H](N)C=C. The highest BCUT2D eigenvalue weighted by atomic mass is 14.7. The van der Waals surface area contributed by atoms with Gasteiger partial charge in [0, 0.05) is 12.2 Å². The first-order valence-corrected chi connectivity index (χ1v) is 3.75. The largest absolute Gasteiger partial charge is 0.321 e. The molecule has 1 heterocycles. The van der Waals surface area contributed by atoms with E-state index >= 15 is 0 Å². The van der Waals surface area contributed by atoms with Crippen LogP contribution in [0.15, 0.2) is 37.6 Å². The van der Waals surface area contributed by atoms with Crippen molar-refractivity contribution in [2.45, 2.75) is 6.04 Å². The molecule has 2 N–H and O–H groups in total. The summed E-state index contributed by atoms with van der Waals surface area (Å²) in [5, 5.41) is 0. The maximum absolute atomic E-state index is 5.76. The lowest BCUT2D eigenvalue weighted by Gasteiger charge is -2.08. The minimum absolute atomic E-state index is 0.160. The molecule has 0 saturated heterocycles.